The van der Waals surface area contributed by atoms with E-state index >= 15 is 0 Å². The van der Waals surface area contributed by atoms with Crippen molar-refractivity contribution < 1.29 is 0 Å². The molecule has 0 rings (SSSR count). The van der Waals surface area contributed by atoms with Crippen LogP contribution in [0.25, 0.3) is 0 Å². The molecular formula is C5H15N3. The van der Waals surface area contributed by atoms with Crippen LogP contribution in [0.5, 0.6) is 0 Å². The van der Waals surface area contributed by atoms with Crippen LogP contribution >= 0.6 is 0 Å². The summed E-state index contributed by atoms with van der Waals surface area (Å²) in [4.78, 5) is 0. The van der Waals surface area contributed by atoms with Gasteiger partial charge in [-0.15, -0.1) is 0 Å². The molecule has 0 aliphatic carbocycles. The van der Waals surface area contributed by atoms with E-state index in [0.717, 1.165) is 13.2 Å². The molecule has 0 aliphatic heterocycles. The highest BCUT2D eigenvalue weighted by Crippen LogP contribution is 1.65. The Labute approximate surface area is 51.0 Å². The van der Waals surface area contributed by atoms with Gasteiger partial charge in [0.05, 0.1) is 6.67 Å². The van der Waals surface area contributed by atoms with Crippen LogP contribution in [0.1, 0.15) is 6.92 Å². The summed E-state index contributed by atoms with van der Waals surface area (Å²) >= 11 is 0. The van der Waals surface area contributed by atoms with Gasteiger partial charge in [0, 0.05) is 13.6 Å². The van der Waals surface area contributed by atoms with E-state index in [1.165, 1.54) is 0 Å². The zero-order valence-electron chi connectivity index (χ0n) is 5.86. The fraction of sp³-hybridized carbons (Fsp3) is 1.00. The van der Waals surface area contributed by atoms with E-state index in [-0.39, 0.29) is 0 Å². The molecule has 0 aromatic heterocycles. The third kappa shape index (κ3) is 4.05. The number of nitrogens with zero attached hydrogens (tertiary/aromatic N) is 1. The van der Waals surface area contributed by atoms with Crippen molar-refractivity contribution in [1.29, 1.82) is 0 Å². The summed E-state index contributed by atoms with van der Waals surface area (Å²) in [6, 6.07) is 0. The van der Waals surface area contributed by atoms with Crippen molar-refractivity contribution in [3.8, 4) is 0 Å². The summed E-state index contributed by atoms with van der Waals surface area (Å²) in [5, 5.41) is 5.02. The Balaban J connectivity index is 2.92. The first-order valence-electron chi connectivity index (χ1n) is 2.90. The van der Waals surface area contributed by atoms with Gasteiger partial charge in [0.2, 0.25) is 0 Å². The third-order valence-electron chi connectivity index (χ3n) is 0.823. The molecule has 3 nitrogen and oxygen atoms in total. The highest BCUT2D eigenvalue weighted by molar-refractivity contribution is 4.35. The minimum absolute atomic E-state index is 0.883. The maximum absolute atomic E-state index is 3.12. The van der Waals surface area contributed by atoms with E-state index in [0.29, 0.717) is 0 Å². The monoisotopic (exact) mass is 117 g/mol. The van der Waals surface area contributed by atoms with Crippen molar-refractivity contribution in [2.24, 2.45) is 0 Å². The van der Waals surface area contributed by atoms with Gasteiger partial charge in [-0.3, -0.25) is 5.43 Å². The van der Waals surface area contributed by atoms with Crippen LogP contribution in [0.2, 0.25) is 0 Å². The molecule has 0 radical (unpaired) electrons. The minimum Gasteiger partial charge on any atom is -0.306 e. The lowest BCUT2D eigenvalue weighted by atomic mass is 10.8. The molecular weight excluding hydrogens is 102 g/mol. The second kappa shape index (κ2) is 5.03. The molecule has 0 heterocycles. The molecule has 0 amide bonds. The number of nitrogens with one attached hydrogen (secondary N) is 2. The summed E-state index contributed by atoms with van der Waals surface area (Å²) in [6.07, 6.45) is 0. The first-order valence-corrected chi connectivity index (χ1v) is 2.90. The summed E-state index contributed by atoms with van der Waals surface area (Å²) in [6.45, 7) is 3.94. The fourth-order valence-corrected chi connectivity index (χ4v) is 0.563. The zero-order chi connectivity index (χ0) is 6.41. The average molecular weight is 117 g/mol. The lowest BCUT2D eigenvalue weighted by Gasteiger charge is -2.15. The van der Waals surface area contributed by atoms with Crippen LogP contribution in [0, 0.1) is 0 Å². The van der Waals surface area contributed by atoms with Gasteiger partial charge in [-0.05, 0) is 7.05 Å². The second-order valence-corrected chi connectivity index (χ2v) is 1.72. The predicted molar refractivity (Wildman–Crippen MR) is 35.4 cm³/mol. The van der Waals surface area contributed by atoms with Crippen molar-refractivity contribution in [1.82, 2.24) is 15.8 Å². The molecule has 0 saturated carbocycles. The first kappa shape index (κ1) is 7.88. The fourth-order valence-electron chi connectivity index (χ4n) is 0.563. The smallest absolute Gasteiger partial charge is 0.0615 e. The Morgan fingerprint density at radius 2 is 2.12 bits per heavy atom. The van der Waals surface area contributed by atoms with Crippen molar-refractivity contribution in [3.63, 3.8) is 0 Å². The van der Waals surface area contributed by atoms with E-state index < -0.39 is 0 Å². The first-order chi connectivity index (χ1) is 3.81. The van der Waals surface area contributed by atoms with Gasteiger partial charge in [-0.25, -0.2) is 5.01 Å². The Hall–Kier alpha value is -0.120. The van der Waals surface area contributed by atoms with Crippen LogP contribution < -0.4 is 10.7 Å². The van der Waals surface area contributed by atoms with Gasteiger partial charge >= 0.3 is 0 Å². The number of rotatable bonds is 4. The van der Waals surface area contributed by atoms with Gasteiger partial charge in [-0.2, -0.15) is 0 Å². The second-order valence-electron chi connectivity index (χ2n) is 1.72. The third-order valence-corrected chi connectivity index (χ3v) is 0.823. The van der Waals surface area contributed by atoms with Gasteiger partial charge in [0.25, 0.3) is 0 Å². The van der Waals surface area contributed by atoms with E-state index in [1.807, 2.05) is 19.1 Å². The van der Waals surface area contributed by atoms with Gasteiger partial charge in [0.1, 0.15) is 0 Å². The molecule has 50 valence electrons. The maximum atomic E-state index is 3.12. The maximum Gasteiger partial charge on any atom is 0.0615 e. The van der Waals surface area contributed by atoms with Crippen LogP contribution in [-0.2, 0) is 0 Å². The van der Waals surface area contributed by atoms with Crippen LogP contribution in [0.4, 0.5) is 0 Å². The topological polar surface area (TPSA) is 27.3 Å². The zero-order valence-corrected chi connectivity index (χ0v) is 5.86. The summed E-state index contributed by atoms with van der Waals surface area (Å²) in [5.74, 6) is 0. The molecule has 2 N–H and O–H groups in total. The van der Waals surface area contributed by atoms with Crippen LogP contribution in [0.15, 0.2) is 0 Å². The van der Waals surface area contributed by atoms with Crippen molar-refractivity contribution in [2.75, 3.05) is 27.3 Å². The molecule has 0 unspecified atom stereocenters. The Morgan fingerprint density at radius 3 is 2.50 bits per heavy atom. The van der Waals surface area contributed by atoms with Crippen molar-refractivity contribution in [3.05, 3.63) is 0 Å². The average Bonchev–Trinajstić information content (AvgIpc) is 1.68. The largest absolute Gasteiger partial charge is 0.306 e. The highest BCUT2D eigenvalue weighted by atomic mass is 15.5. The lowest BCUT2D eigenvalue weighted by Crippen LogP contribution is -2.39. The number of hydrazine groups is 1. The van der Waals surface area contributed by atoms with Crippen molar-refractivity contribution in [2.45, 2.75) is 6.92 Å². The summed E-state index contributed by atoms with van der Waals surface area (Å²) < 4.78 is 0. The molecule has 0 atom stereocenters. The predicted octanol–water partition coefficient (Wildman–Crippen LogP) is -0.380. The molecule has 0 spiro atoms. The molecule has 0 bridgehead atoms. The SMILES string of the molecule is CCNN(C)CNC. The van der Waals surface area contributed by atoms with Crippen molar-refractivity contribution >= 4 is 0 Å². The van der Waals surface area contributed by atoms with E-state index in [1.54, 1.807) is 0 Å². The molecule has 3 heteroatoms. The summed E-state index contributed by atoms with van der Waals surface area (Å²) in [7, 11) is 3.92. The molecule has 0 aromatic rings. The van der Waals surface area contributed by atoms with E-state index in [9.17, 15) is 0 Å². The standard InChI is InChI=1S/C5H15N3/c1-4-7-8(3)5-6-2/h6-7H,4-5H2,1-3H3. The molecule has 0 aliphatic rings. The van der Waals surface area contributed by atoms with Gasteiger partial charge in [-0.1, -0.05) is 6.92 Å². The van der Waals surface area contributed by atoms with Crippen LogP contribution in [-0.4, -0.2) is 32.3 Å². The number of hydrogen-bond acceptors (Lipinski definition) is 3. The molecule has 0 fully saturated rings. The quantitative estimate of drug-likeness (QED) is 0.388. The van der Waals surface area contributed by atoms with E-state index in [4.69, 9.17) is 0 Å². The Kier molecular flexibility index (Phi) is 4.95. The summed E-state index contributed by atoms with van der Waals surface area (Å²) in [5.41, 5.74) is 3.12. The molecule has 0 saturated heterocycles. The lowest BCUT2D eigenvalue weighted by molar-refractivity contribution is 0.229. The normalized spacial score (nSPS) is 10.5. The Morgan fingerprint density at radius 1 is 1.50 bits per heavy atom. The molecule has 8 heavy (non-hydrogen) atoms. The minimum atomic E-state index is 0.883. The van der Waals surface area contributed by atoms with Gasteiger partial charge in [0.15, 0.2) is 0 Å². The van der Waals surface area contributed by atoms with Crippen LogP contribution in [0.3, 0.4) is 0 Å². The van der Waals surface area contributed by atoms with E-state index in [2.05, 4.69) is 17.7 Å². The number of hydrogen-bond donors (Lipinski definition) is 2. The highest BCUT2D eigenvalue weighted by Gasteiger charge is 1.87. The molecule has 0 aromatic carbocycles. The Bertz CT molecular complexity index is 40.9. The van der Waals surface area contributed by atoms with Gasteiger partial charge < -0.3 is 5.32 Å².